The summed E-state index contributed by atoms with van der Waals surface area (Å²) in [6.07, 6.45) is 0. The molecule has 7 nitrogen and oxygen atoms in total. The van der Waals surface area contributed by atoms with Gasteiger partial charge in [-0.25, -0.2) is 0 Å². The standard InChI is InChI=1S/C44H36O7/c1-49-35(45)37-27-21-22-28-23(27)25-31(37)39-33-26-24(29(21)41(33,37)47)30(22)42(48)34(26)40(39,32(25)38(28,42)36(46)50-2)44(18-13-7-4-8-14-18)20-16-10-9-15-19(20)43(39,51-44)17-11-5-3-6-12-17/h3-16,21-34,47-48H,1-2H3. The Balaban J connectivity index is 1.21. The van der Waals surface area contributed by atoms with E-state index in [1.165, 1.54) is 14.2 Å². The predicted molar refractivity (Wildman–Crippen MR) is 174 cm³/mol. The number of hydrogen-bond acceptors (Lipinski definition) is 7. The fourth-order valence-corrected chi connectivity index (χ4v) is 22.6. The lowest BCUT2D eigenvalue weighted by Crippen LogP contribution is -2.61. The molecule has 3 aromatic rings. The molecular weight excluding hydrogens is 640 g/mol. The van der Waals surface area contributed by atoms with Gasteiger partial charge < -0.3 is 24.4 Å². The van der Waals surface area contributed by atoms with Gasteiger partial charge in [0, 0.05) is 22.7 Å². The molecule has 51 heavy (non-hydrogen) atoms. The number of ether oxygens (including phenoxy) is 3. The Morgan fingerprint density at radius 2 is 0.902 bits per heavy atom. The van der Waals surface area contributed by atoms with Gasteiger partial charge in [-0.3, -0.25) is 9.59 Å². The van der Waals surface area contributed by atoms with Crippen LogP contribution in [0.4, 0.5) is 0 Å². The maximum absolute atomic E-state index is 15.3. The van der Waals surface area contributed by atoms with Gasteiger partial charge in [0.05, 0.1) is 25.4 Å². The monoisotopic (exact) mass is 676 g/mol. The Kier molecular flexibility index (Phi) is 3.36. The largest absolute Gasteiger partial charge is 0.468 e. The van der Waals surface area contributed by atoms with Crippen LogP contribution in [0.2, 0.25) is 0 Å². The van der Waals surface area contributed by atoms with Crippen LogP contribution in [-0.2, 0) is 35.0 Å². The van der Waals surface area contributed by atoms with Crippen molar-refractivity contribution in [3.05, 3.63) is 107 Å². The normalized spacial score (nSPS) is 65.2. The SMILES string of the molecule is COC(=O)C12C3C4C5C6C7C8C(C1(O)C74)C14C2C2C3C5C3(C(=O)OC)C2C1(C8C63O)C1(c2ccccc2)OC4(c2ccccc2)c2ccccc21. The third kappa shape index (κ3) is 1.51. The first-order chi connectivity index (χ1) is 24.8. The van der Waals surface area contributed by atoms with E-state index in [4.69, 9.17) is 14.2 Å². The van der Waals surface area contributed by atoms with Gasteiger partial charge in [-0.15, -0.1) is 0 Å². The van der Waals surface area contributed by atoms with E-state index in [0.717, 1.165) is 22.3 Å². The van der Waals surface area contributed by atoms with Crippen molar-refractivity contribution in [1.29, 1.82) is 0 Å². The highest BCUT2D eigenvalue weighted by Gasteiger charge is 3.20. The van der Waals surface area contributed by atoms with E-state index < -0.39 is 44.1 Å². The lowest BCUT2D eigenvalue weighted by atomic mass is 9.41. The fraction of sp³-hybridized carbons (Fsp3) is 0.545. The summed E-state index contributed by atoms with van der Waals surface area (Å²) in [7, 11) is 3.06. The molecule has 2 bridgehead atoms. The van der Waals surface area contributed by atoms with Crippen molar-refractivity contribution in [3.63, 3.8) is 0 Å². The molecule has 2 heterocycles. The van der Waals surface area contributed by atoms with Gasteiger partial charge in [0.1, 0.15) is 22.0 Å². The molecule has 13 fully saturated rings. The van der Waals surface area contributed by atoms with E-state index in [-0.39, 0.29) is 94.8 Å². The smallest absolute Gasteiger partial charge is 0.315 e. The second-order valence-corrected chi connectivity index (χ2v) is 19.3. The average Bonchev–Trinajstić information content (AvgIpc) is 4.02. The van der Waals surface area contributed by atoms with Gasteiger partial charge >= 0.3 is 11.9 Å². The van der Waals surface area contributed by atoms with Crippen LogP contribution < -0.4 is 0 Å². The number of esters is 2. The topological polar surface area (TPSA) is 102 Å². The van der Waals surface area contributed by atoms with Gasteiger partial charge in [0.2, 0.25) is 0 Å². The van der Waals surface area contributed by atoms with Crippen LogP contribution in [0.15, 0.2) is 84.9 Å². The molecule has 254 valence electrons. The molecule has 2 spiro atoms. The lowest BCUT2D eigenvalue weighted by Gasteiger charge is -2.57. The van der Waals surface area contributed by atoms with Gasteiger partial charge in [0.15, 0.2) is 0 Å². The van der Waals surface area contributed by atoms with Crippen molar-refractivity contribution in [1.82, 2.24) is 0 Å². The number of carbonyl (C=O) groups is 2. The third-order valence-corrected chi connectivity index (χ3v) is 20.7. The molecule has 0 radical (unpaired) electrons. The Morgan fingerprint density at radius 3 is 1.33 bits per heavy atom. The number of aliphatic hydroxyl groups is 2. The minimum absolute atomic E-state index is 0.0348. The van der Waals surface area contributed by atoms with Gasteiger partial charge in [-0.2, -0.15) is 0 Å². The first-order valence-electron chi connectivity index (χ1n) is 19.4. The Labute approximate surface area is 293 Å². The molecule has 0 aromatic heterocycles. The molecule has 18 unspecified atom stereocenters. The molecule has 2 aliphatic heterocycles. The molecule has 3 aromatic carbocycles. The van der Waals surface area contributed by atoms with Crippen molar-refractivity contribution in [2.75, 3.05) is 14.2 Å². The summed E-state index contributed by atoms with van der Waals surface area (Å²) in [6, 6.07) is 30.0. The fourth-order valence-electron chi connectivity index (χ4n) is 22.6. The number of rotatable bonds is 4. The Morgan fingerprint density at radius 1 is 0.529 bits per heavy atom. The van der Waals surface area contributed by atoms with Crippen molar-refractivity contribution >= 4 is 11.9 Å². The van der Waals surface area contributed by atoms with E-state index >= 15 is 9.59 Å². The molecule has 14 aliphatic rings. The summed E-state index contributed by atoms with van der Waals surface area (Å²) in [6.45, 7) is 0. The van der Waals surface area contributed by atoms with Crippen LogP contribution in [0, 0.1) is 105 Å². The molecule has 7 heteroatoms. The maximum atomic E-state index is 15.3. The zero-order valence-corrected chi connectivity index (χ0v) is 28.1. The summed E-state index contributed by atoms with van der Waals surface area (Å²) < 4.78 is 20.4. The lowest BCUT2D eigenvalue weighted by molar-refractivity contribution is -0.192. The highest BCUT2D eigenvalue weighted by atomic mass is 16.6. The number of fused-ring (bicyclic) bond motifs is 5. The zero-order valence-electron chi connectivity index (χ0n) is 28.1. The molecular formula is C44H36O7. The van der Waals surface area contributed by atoms with Gasteiger partial charge in [-0.05, 0) is 93.3 Å². The summed E-state index contributed by atoms with van der Waals surface area (Å²) in [5.41, 5.74) is -3.99. The molecule has 17 rings (SSSR count). The Bertz CT molecular complexity index is 2210. The third-order valence-electron chi connectivity index (χ3n) is 20.7. The summed E-state index contributed by atoms with van der Waals surface area (Å²) in [4.78, 5) is 30.6. The van der Waals surface area contributed by atoms with Crippen molar-refractivity contribution in [2.24, 2.45) is 105 Å². The van der Waals surface area contributed by atoms with E-state index in [1.807, 2.05) is 0 Å². The zero-order chi connectivity index (χ0) is 33.6. The molecule has 12 aliphatic carbocycles. The van der Waals surface area contributed by atoms with Crippen LogP contribution in [-0.4, -0.2) is 47.6 Å². The van der Waals surface area contributed by atoms with Crippen LogP contribution in [0.1, 0.15) is 22.3 Å². The summed E-state index contributed by atoms with van der Waals surface area (Å²) >= 11 is 0. The quantitative estimate of drug-likeness (QED) is 0.406. The van der Waals surface area contributed by atoms with Gasteiger partial charge in [-0.1, -0.05) is 84.9 Å². The molecule has 12 saturated carbocycles. The number of benzene rings is 3. The molecule has 2 N–H and O–H groups in total. The average molecular weight is 677 g/mol. The predicted octanol–water partition coefficient (Wildman–Crippen LogP) is 3.75. The minimum Gasteiger partial charge on any atom is -0.468 e. The van der Waals surface area contributed by atoms with E-state index in [2.05, 4.69) is 84.9 Å². The van der Waals surface area contributed by atoms with Crippen LogP contribution in [0.3, 0.4) is 0 Å². The van der Waals surface area contributed by atoms with Gasteiger partial charge in [0.25, 0.3) is 0 Å². The van der Waals surface area contributed by atoms with E-state index in [1.54, 1.807) is 0 Å². The maximum Gasteiger partial charge on any atom is 0.315 e. The summed E-state index contributed by atoms with van der Waals surface area (Å²) in [5, 5.41) is 28.7. The second kappa shape index (κ2) is 6.51. The van der Waals surface area contributed by atoms with Crippen molar-refractivity contribution in [3.8, 4) is 0 Å². The number of hydrogen-bond donors (Lipinski definition) is 2. The van der Waals surface area contributed by atoms with Crippen molar-refractivity contribution in [2.45, 2.75) is 22.4 Å². The Hall–Kier alpha value is -3.52. The number of carbonyl (C=O) groups excluding carboxylic acids is 2. The first-order valence-corrected chi connectivity index (χ1v) is 19.4. The highest BCUT2D eigenvalue weighted by molar-refractivity contribution is 5.91. The molecule has 1 saturated heterocycles. The minimum atomic E-state index is -1.27. The molecule has 0 amide bonds. The van der Waals surface area contributed by atoms with E-state index in [9.17, 15) is 10.2 Å². The summed E-state index contributed by atoms with van der Waals surface area (Å²) in [5.74, 6) is -1.62. The molecule has 18 atom stereocenters. The van der Waals surface area contributed by atoms with Crippen LogP contribution in [0.5, 0.6) is 0 Å². The number of methoxy groups -OCH3 is 2. The second-order valence-electron chi connectivity index (χ2n) is 19.3. The highest BCUT2D eigenvalue weighted by Crippen LogP contribution is 3.16. The van der Waals surface area contributed by atoms with E-state index in [0.29, 0.717) is 0 Å². The van der Waals surface area contributed by atoms with Crippen LogP contribution >= 0.6 is 0 Å². The van der Waals surface area contributed by atoms with Crippen LogP contribution in [0.25, 0.3) is 0 Å². The first kappa shape index (κ1) is 26.3. The van der Waals surface area contributed by atoms with Crippen molar-refractivity contribution < 1.29 is 34.0 Å².